The molecule has 106 valence electrons. The monoisotopic (exact) mass is 253 g/mol. The van der Waals surface area contributed by atoms with Crippen molar-refractivity contribution in [3.63, 3.8) is 0 Å². The van der Waals surface area contributed by atoms with Crippen LogP contribution < -0.4 is 0 Å². The summed E-state index contributed by atoms with van der Waals surface area (Å²) in [5, 5.41) is 11.0. The van der Waals surface area contributed by atoms with Gasteiger partial charge in [-0.3, -0.25) is 5.01 Å². The third kappa shape index (κ3) is 5.83. The zero-order valence-electron chi connectivity index (χ0n) is 12.9. The van der Waals surface area contributed by atoms with E-state index in [0.717, 1.165) is 31.3 Å². The summed E-state index contributed by atoms with van der Waals surface area (Å²) in [4.78, 5) is 0. The Morgan fingerprint density at radius 2 is 1.72 bits per heavy atom. The molecule has 3 heteroatoms. The minimum absolute atomic E-state index is 0.0717. The van der Waals surface area contributed by atoms with Crippen molar-refractivity contribution in [3.8, 4) is 0 Å². The van der Waals surface area contributed by atoms with Crippen molar-refractivity contribution < 1.29 is 0 Å². The summed E-state index contributed by atoms with van der Waals surface area (Å²) in [5.74, 6) is 1.58. The molecule has 0 radical (unpaired) electrons. The van der Waals surface area contributed by atoms with E-state index in [-0.39, 0.29) is 5.54 Å². The van der Waals surface area contributed by atoms with E-state index < -0.39 is 0 Å². The van der Waals surface area contributed by atoms with Gasteiger partial charge in [0.1, 0.15) is 5.54 Å². The van der Waals surface area contributed by atoms with Crippen LogP contribution in [-0.4, -0.2) is 23.6 Å². The maximum atomic E-state index is 4.49. The molecule has 0 aromatic heterocycles. The number of hydrogen-bond donors (Lipinski definition) is 0. The molecule has 1 rings (SSSR count). The highest BCUT2D eigenvalue weighted by Gasteiger charge is 2.31. The summed E-state index contributed by atoms with van der Waals surface area (Å²) < 4.78 is 0. The Bertz CT molecular complexity index is 260. The maximum absolute atomic E-state index is 4.49. The van der Waals surface area contributed by atoms with Crippen LogP contribution in [0, 0.1) is 11.8 Å². The standard InChI is InChI=1S/C15H31N3/c1-13(2)8-6-7-11-18-12-15(5,16-17-18)10-9-14(3)4/h13-14H,6-12H2,1-5H3. The maximum Gasteiger partial charge on any atom is 0.100 e. The molecule has 0 N–H and O–H groups in total. The Labute approximate surface area is 113 Å². The number of unbranched alkanes of at least 4 members (excludes halogenated alkanes) is 1. The molecule has 1 aliphatic rings. The van der Waals surface area contributed by atoms with Gasteiger partial charge in [0, 0.05) is 6.54 Å². The van der Waals surface area contributed by atoms with Crippen molar-refractivity contribution >= 4 is 0 Å². The molecule has 0 aromatic rings. The van der Waals surface area contributed by atoms with Crippen LogP contribution in [0.15, 0.2) is 10.3 Å². The van der Waals surface area contributed by atoms with Crippen molar-refractivity contribution in [3.05, 3.63) is 0 Å². The molecule has 0 spiro atoms. The van der Waals surface area contributed by atoms with Gasteiger partial charge < -0.3 is 0 Å². The van der Waals surface area contributed by atoms with E-state index in [1.807, 2.05) is 0 Å². The van der Waals surface area contributed by atoms with Crippen molar-refractivity contribution in [1.29, 1.82) is 0 Å². The van der Waals surface area contributed by atoms with Gasteiger partial charge in [-0.25, -0.2) is 0 Å². The van der Waals surface area contributed by atoms with Gasteiger partial charge in [0.05, 0.1) is 6.54 Å². The second-order valence-corrected chi connectivity index (χ2v) is 6.90. The number of hydrogen-bond acceptors (Lipinski definition) is 3. The van der Waals surface area contributed by atoms with Crippen LogP contribution in [0.1, 0.15) is 66.7 Å². The fraction of sp³-hybridized carbons (Fsp3) is 1.00. The molecule has 1 unspecified atom stereocenters. The van der Waals surface area contributed by atoms with Crippen LogP contribution in [0.2, 0.25) is 0 Å². The second-order valence-electron chi connectivity index (χ2n) is 6.90. The van der Waals surface area contributed by atoms with Crippen LogP contribution in [0.25, 0.3) is 0 Å². The lowest BCUT2D eigenvalue weighted by molar-refractivity contribution is 0.265. The third-order valence-electron chi connectivity index (χ3n) is 3.64. The largest absolute Gasteiger partial charge is 0.276 e. The zero-order valence-corrected chi connectivity index (χ0v) is 12.9. The molecular weight excluding hydrogens is 222 g/mol. The summed E-state index contributed by atoms with van der Waals surface area (Å²) in [6.45, 7) is 13.5. The first-order chi connectivity index (χ1) is 8.41. The van der Waals surface area contributed by atoms with Crippen molar-refractivity contribution in [2.24, 2.45) is 22.2 Å². The number of nitrogens with zero attached hydrogens (tertiary/aromatic N) is 3. The van der Waals surface area contributed by atoms with Gasteiger partial charge in [-0.05, 0) is 38.0 Å². The molecule has 0 bridgehead atoms. The van der Waals surface area contributed by atoms with Crippen LogP contribution in [-0.2, 0) is 0 Å². The van der Waals surface area contributed by atoms with E-state index in [1.165, 1.54) is 25.7 Å². The van der Waals surface area contributed by atoms with Gasteiger partial charge in [0.25, 0.3) is 0 Å². The minimum atomic E-state index is 0.0717. The van der Waals surface area contributed by atoms with Crippen LogP contribution in [0.3, 0.4) is 0 Å². The molecule has 3 nitrogen and oxygen atoms in total. The van der Waals surface area contributed by atoms with Gasteiger partial charge in [-0.1, -0.05) is 45.8 Å². The normalized spacial score (nSPS) is 23.6. The molecule has 0 saturated heterocycles. The highest BCUT2D eigenvalue weighted by molar-refractivity contribution is 4.88. The van der Waals surface area contributed by atoms with Crippen LogP contribution in [0.5, 0.6) is 0 Å². The second kappa shape index (κ2) is 7.10. The predicted octanol–water partition coefficient (Wildman–Crippen LogP) is 4.69. The van der Waals surface area contributed by atoms with Crippen molar-refractivity contribution in [2.45, 2.75) is 72.3 Å². The molecule has 0 aromatic carbocycles. The molecule has 18 heavy (non-hydrogen) atoms. The fourth-order valence-corrected chi connectivity index (χ4v) is 2.33. The number of rotatable bonds is 8. The fourth-order valence-electron chi connectivity index (χ4n) is 2.33. The van der Waals surface area contributed by atoms with E-state index >= 15 is 0 Å². The summed E-state index contributed by atoms with van der Waals surface area (Å²) in [7, 11) is 0. The molecule has 1 aliphatic heterocycles. The van der Waals surface area contributed by atoms with Crippen LogP contribution in [0.4, 0.5) is 0 Å². The Kier molecular flexibility index (Phi) is 6.10. The van der Waals surface area contributed by atoms with Gasteiger partial charge >= 0.3 is 0 Å². The Hall–Kier alpha value is -0.600. The van der Waals surface area contributed by atoms with E-state index in [9.17, 15) is 0 Å². The third-order valence-corrected chi connectivity index (χ3v) is 3.64. The lowest BCUT2D eigenvalue weighted by atomic mass is 9.93. The first kappa shape index (κ1) is 15.5. The Morgan fingerprint density at radius 1 is 1.06 bits per heavy atom. The molecule has 0 aliphatic carbocycles. The summed E-state index contributed by atoms with van der Waals surface area (Å²) in [6, 6.07) is 0. The summed E-state index contributed by atoms with van der Waals surface area (Å²) >= 11 is 0. The van der Waals surface area contributed by atoms with E-state index in [2.05, 4.69) is 50.0 Å². The SMILES string of the molecule is CC(C)CCCCN1CC(C)(CCC(C)C)N=N1. The first-order valence-electron chi connectivity index (χ1n) is 7.59. The summed E-state index contributed by atoms with van der Waals surface area (Å²) in [6.07, 6.45) is 6.30. The van der Waals surface area contributed by atoms with Crippen LogP contribution >= 0.6 is 0 Å². The minimum Gasteiger partial charge on any atom is -0.276 e. The van der Waals surface area contributed by atoms with Gasteiger partial charge in [-0.2, -0.15) is 5.11 Å². The lowest BCUT2D eigenvalue weighted by Gasteiger charge is -2.22. The molecular formula is C15H31N3. The summed E-state index contributed by atoms with van der Waals surface area (Å²) in [5.41, 5.74) is 0.0717. The molecule has 1 heterocycles. The zero-order chi connectivity index (χ0) is 13.6. The smallest absolute Gasteiger partial charge is 0.100 e. The van der Waals surface area contributed by atoms with Crippen molar-refractivity contribution in [2.75, 3.05) is 13.1 Å². The van der Waals surface area contributed by atoms with E-state index in [1.54, 1.807) is 0 Å². The average molecular weight is 253 g/mol. The molecule has 0 saturated carbocycles. The first-order valence-corrected chi connectivity index (χ1v) is 7.59. The van der Waals surface area contributed by atoms with Crippen molar-refractivity contribution in [1.82, 2.24) is 5.01 Å². The topological polar surface area (TPSA) is 28.0 Å². The highest BCUT2D eigenvalue weighted by Crippen LogP contribution is 2.27. The average Bonchev–Trinajstić information content (AvgIpc) is 2.65. The molecule has 1 atom stereocenters. The van der Waals surface area contributed by atoms with Gasteiger partial charge in [0.2, 0.25) is 0 Å². The quantitative estimate of drug-likeness (QED) is 0.577. The molecule has 0 amide bonds. The lowest BCUT2D eigenvalue weighted by Crippen LogP contribution is -2.31. The Morgan fingerprint density at radius 3 is 2.33 bits per heavy atom. The van der Waals surface area contributed by atoms with Gasteiger partial charge in [-0.15, -0.1) is 0 Å². The highest BCUT2D eigenvalue weighted by atomic mass is 15.6. The Balaban J connectivity index is 2.18. The van der Waals surface area contributed by atoms with E-state index in [4.69, 9.17) is 0 Å². The predicted molar refractivity (Wildman–Crippen MR) is 77.6 cm³/mol. The van der Waals surface area contributed by atoms with E-state index in [0.29, 0.717) is 0 Å². The van der Waals surface area contributed by atoms with Gasteiger partial charge in [0.15, 0.2) is 0 Å². The molecule has 0 fully saturated rings.